The first-order valence-electron chi connectivity index (χ1n) is 11.1. The molecule has 5 nitrogen and oxygen atoms in total. The number of aliphatic hydroxyl groups excluding tert-OH is 1. The van der Waals surface area contributed by atoms with Gasteiger partial charge in [0.2, 0.25) is 0 Å². The fourth-order valence-corrected chi connectivity index (χ4v) is 4.27. The van der Waals surface area contributed by atoms with Gasteiger partial charge in [-0.25, -0.2) is 4.39 Å². The number of carbonyl (C=O) groups is 2. The fraction of sp³-hybridized carbons (Fsp3) is 0.385. The van der Waals surface area contributed by atoms with Gasteiger partial charge in [0.05, 0.1) is 11.6 Å². The first kappa shape index (κ1) is 23.7. The Morgan fingerprint density at radius 1 is 1.09 bits per heavy atom. The summed E-state index contributed by atoms with van der Waals surface area (Å²) in [6, 6.07) is 10.7. The summed E-state index contributed by atoms with van der Waals surface area (Å²) in [6.07, 6.45) is 0.642. The van der Waals surface area contributed by atoms with Crippen LogP contribution in [0.2, 0.25) is 0 Å². The van der Waals surface area contributed by atoms with Crippen molar-refractivity contribution in [3.8, 4) is 0 Å². The lowest BCUT2D eigenvalue weighted by atomic mass is 9.93. The summed E-state index contributed by atoms with van der Waals surface area (Å²) in [6.45, 7) is 10.7. The van der Waals surface area contributed by atoms with E-state index in [-0.39, 0.29) is 16.9 Å². The number of hydrogen-bond donors (Lipinski definition) is 1. The number of rotatable bonds is 8. The minimum absolute atomic E-state index is 0.0587. The topological polar surface area (TPSA) is 60.9 Å². The molecule has 1 atom stereocenters. The number of nitrogens with zero attached hydrogens (tertiary/aromatic N) is 2. The Bertz CT molecular complexity index is 1040. The predicted molar refractivity (Wildman–Crippen MR) is 124 cm³/mol. The molecule has 0 aromatic heterocycles. The van der Waals surface area contributed by atoms with Crippen molar-refractivity contribution in [2.24, 2.45) is 0 Å². The van der Waals surface area contributed by atoms with Crippen LogP contribution in [0, 0.1) is 19.7 Å². The number of aliphatic hydroxyl groups is 1. The number of amides is 1. The van der Waals surface area contributed by atoms with Crippen LogP contribution < -0.4 is 0 Å². The van der Waals surface area contributed by atoms with E-state index in [2.05, 4.69) is 18.7 Å². The molecule has 2 aromatic carbocycles. The van der Waals surface area contributed by atoms with Crippen molar-refractivity contribution in [3.05, 3.63) is 76.1 Å². The van der Waals surface area contributed by atoms with Gasteiger partial charge in [-0.15, -0.1) is 0 Å². The Balaban J connectivity index is 2.09. The Morgan fingerprint density at radius 2 is 1.78 bits per heavy atom. The molecule has 0 spiro atoms. The van der Waals surface area contributed by atoms with E-state index < -0.39 is 23.5 Å². The van der Waals surface area contributed by atoms with Gasteiger partial charge in [0.25, 0.3) is 11.7 Å². The maximum atomic E-state index is 14.8. The van der Waals surface area contributed by atoms with E-state index >= 15 is 0 Å². The largest absolute Gasteiger partial charge is 0.507 e. The quantitative estimate of drug-likeness (QED) is 0.372. The monoisotopic (exact) mass is 438 g/mol. The van der Waals surface area contributed by atoms with Crippen LogP contribution in [0.4, 0.5) is 4.39 Å². The molecular formula is C26H31FN2O3. The van der Waals surface area contributed by atoms with Crippen LogP contribution in [0.25, 0.3) is 5.76 Å². The van der Waals surface area contributed by atoms with Crippen LogP contribution >= 0.6 is 0 Å². The third-order valence-corrected chi connectivity index (χ3v) is 6.16. The van der Waals surface area contributed by atoms with E-state index in [9.17, 15) is 19.1 Å². The van der Waals surface area contributed by atoms with Gasteiger partial charge < -0.3 is 14.9 Å². The van der Waals surface area contributed by atoms with Crippen molar-refractivity contribution < 1.29 is 19.1 Å². The van der Waals surface area contributed by atoms with E-state index in [4.69, 9.17) is 0 Å². The standard InChI is InChI=1S/C26H31FN2O3/c1-5-28(6-2)14-9-15-29-23(19-10-7-8-11-21(19)27)22(25(31)26(29)32)24(30)20-16-17(3)12-13-18(20)4/h7-8,10-13,16,23,30H,5-6,9,14-15H2,1-4H3. The molecule has 0 radical (unpaired) electrons. The fourth-order valence-electron chi connectivity index (χ4n) is 4.27. The third kappa shape index (κ3) is 4.60. The number of halogens is 1. The Labute approximate surface area is 189 Å². The van der Waals surface area contributed by atoms with Crippen molar-refractivity contribution in [2.45, 2.75) is 40.2 Å². The molecule has 170 valence electrons. The molecule has 1 heterocycles. The summed E-state index contributed by atoms with van der Waals surface area (Å²) in [4.78, 5) is 29.7. The highest BCUT2D eigenvalue weighted by Gasteiger charge is 2.46. The van der Waals surface area contributed by atoms with Crippen LogP contribution in [-0.4, -0.2) is 52.8 Å². The maximum Gasteiger partial charge on any atom is 0.295 e. The number of hydrogen-bond acceptors (Lipinski definition) is 4. The van der Waals surface area contributed by atoms with E-state index in [1.807, 2.05) is 26.0 Å². The molecule has 3 rings (SSSR count). The van der Waals surface area contributed by atoms with Gasteiger partial charge in [0.15, 0.2) is 0 Å². The lowest BCUT2D eigenvalue weighted by Gasteiger charge is -2.27. The average Bonchev–Trinajstić information content (AvgIpc) is 3.03. The lowest BCUT2D eigenvalue weighted by molar-refractivity contribution is -0.140. The summed E-state index contributed by atoms with van der Waals surface area (Å²) in [5, 5.41) is 11.2. The second-order valence-corrected chi connectivity index (χ2v) is 8.21. The van der Waals surface area contributed by atoms with Crippen molar-refractivity contribution in [2.75, 3.05) is 26.2 Å². The van der Waals surface area contributed by atoms with Crippen LogP contribution in [0.3, 0.4) is 0 Å². The Kier molecular flexibility index (Phi) is 7.46. The molecule has 2 aromatic rings. The van der Waals surface area contributed by atoms with Gasteiger partial charge in [-0.1, -0.05) is 49.7 Å². The molecule has 1 fully saturated rings. The summed E-state index contributed by atoms with van der Waals surface area (Å²) in [5.74, 6) is -2.26. The summed E-state index contributed by atoms with van der Waals surface area (Å²) < 4.78 is 14.8. The summed E-state index contributed by atoms with van der Waals surface area (Å²) in [7, 11) is 0. The van der Waals surface area contributed by atoms with Crippen LogP contribution in [0.1, 0.15) is 48.6 Å². The Morgan fingerprint density at radius 3 is 2.44 bits per heavy atom. The number of aryl methyl sites for hydroxylation is 2. The second-order valence-electron chi connectivity index (χ2n) is 8.21. The van der Waals surface area contributed by atoms with Gasteiger partial charge in [-0.3, -0.25) is 9.59 Å². The van der Waals surface area contributed by atoms with Gasteiger partial charge in [-0.2, -0.15) is 0 Å². The average molecular weight is 439 g/mol. The van der Waals surface area contributed by atoms with Gasteiger partial charge in [0.1, 0.15) is 11.6 Å². The highest BCUT2D eigenvalue weighted by molar-refractivity contribution is 6.46. The molecule has 0 saturated carbocycles. The van der Waals surface area contributed by atoms with Crippen molar-refractivity contribution in [3.63, 3.8) is 0 Å². The second kappa shape index (κ2) is 10.1. The molecular weight excluding hydrogens is 407 g/mol. The van der Waals surface area contributed by atoms with Crippen LogP contribution in [0.15, 0.2) is 48.0 Å². The van der Waals surface area contributed by atoms with Gasteiger partial charge >= 0.3 is 0 Å². The zero-order valence-electron chi connectivity index (χ0n) is 19.2. The number of Topliss-reactive ketones (excluding diaryl/α,β-unsaturated/α-hetero) is 1. The Hall–Kier alpha value is -2.99. The van der Waals surface area contributed by atoms with E-state index in [0.717, 1.165) is 30.8 Å². The minimum Gasteiger partial charge on any atom is -0.507 e. The first-order chi connectivity index (χ1) is 15.3. The predicted octanol–water partition coefficient (Wildman–Crippen LogP) is 4.60. The smallest absolute Gasteiger partial charge is 0.295 e. The molecule has 1 aliphatic rings. The first-order valence-corrected chi connectivity index (χ1v) is 11.1. The molecule has 0 bridgehead atoms. The maximum absolute atomic E-state index is 14.8. The normalized spacial score (nSPS) is 18.1. The van der Waals surface area contributed by atoms with E-state index in [1.165, 1.54) is 11.0 Å². The highest BCUT2D eigenvalue weighted by atomic mass is 19.1. The molecule has 1 amide bonds. The molecule has 1 N–H and O–H groups in total. The van der Waals surface area contributed by atoms with Crippen molar-refractivity contribution in [1.82, 2.24) is 9.80 Å². The van der Waals surface area contributed by atoms with Crippen molar-refractivity contribution >= 4 is 17.4 Å². The SMILES string of the molecule is CCN(CC)CCCN1C(=O)C(=O)C(=C(O)c2cc(C)ccc2C)C1c1ccccc1F. The van der Waals surface area contributed by atoms with E-state index in [1.54, 1.807) is 24.3 Å². The number of carbonyl (C=O) groups excluding carboxylic acids is 2. The number of likely N-dealkylation sites (tertiary alicyclic amines) is 1. The molecule has 1 saturated heterocycles. The molecule has 1 unspecified atom stereocenters. The number of benzene rings is 2. The molecule has 32 heavy (non-hydrogen) atoms. The lowest BCUT2D eigenvalue weighted by Crippen LogP contribution is -2.33. The van der Waals surface area contributed by atoms with Gasteiger partial charge in [0, 0.05) is 17.7 Å². The van der Waals surface area contributed by atoms with Crippen molar-refractivity contribution in [1.29, 1.82) is 0 Å². The molecule has 1 aliphatic heterocycles. The third-order valence-electron chi connectivity index (χ3n) is 6.16. The number of ketones is 1. The van der Waals surface area contributed by atoms with E-state index in [0.29, 0.717) is 18.5 Å². The van der Waals surface area contributed by atoms with Crippen LogP contribution in [-0.2, 0) is 9.59 Å². The molecule has 6 heteroatoms. The van der Waals surface area contributed by atoms with Gasteiger partial charge in [-0.05, 0) is 57.6 Å². The minimum atomic E-state index is -0.965. The summed E-state index contributed by atoms with van der Waals surface area (Å²) in [5.41, 5.74) is 2.31. The van der Waals surface area contributed by atoms with Crippen LogP contribution in [0.5, 0.6) is 0 Å². The summed E-state index contributed by atoms with van der Waals surface area (Å²) >= 11 is 0. The highest BCUT2D eigenvalue weighted by Crippen LogP contribution is 2.40. The zero-order valence-corrected chi connectivity index (χ0v) is 19.2. The molecule has 0 aliphatic carbocycles. The zero-order chi connectivity index (χ0) is 23.4.